The first kappa shape index (κ1) is 18.3. The van der Waals surface area contributed by atoms with Crippen LogP contribution in [0, 0.1) is 0 Å². The molecule has 2 N–H and O–H groups in total. The highest BCUT2D eigenvalue weighted by molar-refractivity contribution is 5.93. The van der Waals surface area contributed by atoms with Gasteiger partial charge in [-0.15, -0.1) is 0 Å². The Kier molecular flexibility index (Phi) is 5.60. The zero-order chi connectivity index (χ0) is 19.2. The molecule has 3 aromatic rings. The molecule has 3 rings (SSSR count). The summed E-state index contributed by atoms with van der Waals surface area (Å²) in [4.78, 5) is 24.8. The predicted octanol–water partition coefficient (Wildman–Crippen LogP) is 2.46. The molecule has 2 aromatic heterocycles. The van der Waals surface area contributed by atoms with E-state index in [0.29, 0.717) is 29.8 Å². The van der Waals surface area contributed by atoms with Gasteiger partial charge in [0.05, 0.1) is 12.7 Å². The van der Waals surface area contributed by atoms with Crippen molar-refractivity contribution in [2.24, 2.45) is 0 Å². The fourth-order valence-corrected chi connectivity index (χ4v) is 2.30. The van der Waals surface area contributed by atoms with Crippen LogP contribution < -0.4 is 15.4 Å². The molecule has 0 aliphatic rings. The van der Waals surface area contributed by atoms with Crippen molar-refractivity contribution >= 4 is 11.9 Å². The van der Waals surface area contributed by atoms with Crippen LogP contribution in [0.1, 0.15) is 36.1 Å². The second-order valence-electron chi connectivity index (χ2n) is 5.71. The number of benzene rings is 1. The first-order valence-electron chi connectivity index (χ1n) is 8.45. The number of nitrogens with one attached hydrogen (secondary N) is 2. The molecule has 0 saturated heterocycles. The SMILES string of the molecule is CCNc1ncc(C(=O)NC(C)c2nc(-c3ccc(OC)cc3)no2)cn1. The van der Waals surface area contributed by atoms with E-state index in [0.717, 1.165) is 11.3 Å². The van der Waals surface area contributed by atoms with Crippen molar-refractivity contribution in [3.63, 3.8) is 0 Å². The highest BCUT2D eigenvalue weighted by Crippen LogP contribution is 2.21. The Bertz CT molecular complexity index is 892. The summed E-state index contributed by atoms with van der Waals surface area (Å²) in [5.41, 5.74) is 1.13. The van der Waals surface area contributed by atoms with E-state index in [1.54, 1.807) is 14.0 Å². The summed E-state index contributed by atoms with van der Waals surface area (Å²) in [6.07, 6.45) is 2.92. The number of anilines is 1. The molecule has 0 aliphatic heterocycles. The van der Waals surface area contributed by atoms with Gasteiger partial charge in [-0.2, -0.15) is 4.98 Å². The van der Waals surface area contributed by atoms with Gasteiger partial charge in [0.25, 0.3) is 5.91 Å². The average molecular weight is 368 g/mol. The number of carbonyl (C=O) groups excluding carboxylic acids is 1. The molecule has 0 aliphatic carbocycles. The van der Waals surface area contributed by atoms with E-state index in [-0.39, 0.29) is 5.91 Å². The van der Waals surface area contributed by atoms with Crippen molar-refractivity contribution < 1.29 is 14.1 Å². The maximum Gasteiger partial charge on any atom is 0.255 e. The molecule has 27 heavy (non-hydrogen) atoms. The van der Waals surface area contributed by atoms with Crippen molar-refractivity contribution in [3.8, 4) is 17.1 Å². The molecule has 0 radical (unpaired) electrons. The van der Waals surface area contributed by atoms with Gasteiger partial charge in [0, 0.05) is 24.5 Å². The fraction of sp³-hybridized carbons (Fsp3) is 0.278. The quantitative estimate of drug-likeness (QED) is 0.653. The molecular weight excluding hydrogens is 348 g/mol. The number of nitrogens with zero attached hydrogens (tertiary/aromatic N) is 4. The van der Waals surface area contributed by atoms with Crippen molar-refractivity contribution in [1.82, 2.24) is 25.4 Å². The number of methoxy groups -OCH3 is 1. The van der Waals surface area contributed by atoms with Crippen LogP contribution in [0.5, 0.6) is 5.75 Å². The van der Waals surface area contributed by atoms with Gasteiger partial charge in [-0.05, 0) is 38.1 Å². The van der Waals surface area contributed by atoms with Gasteiger partial charge >= 0.3 is 0 Å². The third-order valence-corrected chi connectivity index (χ3v) is 3.76. The number of hydrogen-bond acceptors (Lipinski definition) is 8. The highest BCUT2D eigenvalue weighted by Gasteiger charge is 2.18. The molecule has 2 heterocycles. The van der Waals surface area contributed by atoms with Crippen LogP contribution in [-0.2, 0) is 0 Å². The van der Waals surface area contributed by atoms with Crippen LogP contribution in [0.3, 0.4) is 0 Å². The monoisotopic (exact) mass is 368 g/mol. The lowest BCUT2D eigenvalue weighted by atomic mass is 10.2. The topological polar surface area (TPSA) is 115 Å². The molecule has 140 valence electrons. The zero-order valence-electron chi connectivity index (χ0n) is 15.3. The van der Waals surface area contributed by atoms with E-state index in [4.69, 9.17) is 9.26 Å². The Labute approximate surface area is 156 Å². The summed E-state index contributed by atoms with van der Waals surface area (Å²) in [5, 5.41) is 9.73. The summed E-state index contributed by atoms with van der Waals surface area (Å²) >= 11 is 0. The van der Waals surface area contributed by atoms with E-state index < -0.39 is 6.04 Å². The molecule has 1 aromatic carbocycles. The Morgan fingerprint density at radius 1 is 1.22 bits per heavy atom. The normalized spacial score (nSPS) is 11.7. The van der Waals surface area contributed by atoms with Crippen LogP contribution in [0.2, 0.25) is 0 Å². The minimum Gasteiger partial charge on any atom is -0.497 e. The summed E-state index contributed by atoms with van der Waals surface area (Å²) in [7, 11) is 1.60. The standard InChI is InChI=1S/C18H20N6O3/c1-4-19-18-20-9-13(10-21-18)16(25)22-11(2)17-23-15(24-27-17)12-5-7-14(26-3)8-6-12/h5-11H,4H2,1-3H3,(H,22,25)(H,19,20,21). The number of carbonyl (C=O) groups is 1. The third-order valence-electron chi connectivity index (χ3n) is 3.76. The predicted molar refractivity (Wildman–Crippen MR) is 98.4 cm³/mol. The fourth-order valence-electron chi connectivity index (χ4n) is 2.30. The lowest BCUT2D eigenvalue weighted by Gasteiger charge is -2.09. The molecule has 9 nitrogen and oxygen atoms in total. The molecule has 1 amide bonds. The smallest absolute Gasteiger partial charge is 0.255 e. The number of rotatable bonds is 7. The van der Waals surface area contributed by atoms with E-state index in [2.05, 4.69) is 30.7 Å². The molecule has 1 atom stereocenters. The molecule has 0 saturated carbocycles. The Hall–Kier alpha value is -3.49. The van der Waals surface area contributed by atoms with Crippen molar-refractivity contribution in [1.29, 1.82) is 0 Å². The second-order valence-corrected chi connectivity index (χ2v) is 5.71. The van der Waals surface area contributed by atoms with E-state index >= 15 is 0 Å². The lowest BCUT2D eigenvalue weighted by molar-refractivity contribution is 0.0932. The van der Waals surface area contributed by atoms with Gasteiger partial charge in [0.1, 0.15) is 11.8 Å². The van der Waals surface area contributed by atoms with Crippen LogP contribution >= 0.6 is 0 Å². The van der Waals surface area contributed by atoms with E-state index in [1.807, 2.05) is 31.2 Å². The van der Waals surface area contributed by atoms with Crippen LogP contribution in [-0.4, -0.2) is 39.7 Å². The molecule has 0 spiro atoms. The first-order chi connectivity index (χ1) is 13.1. The van der Waals surface area contributed by atoms with Gasteiger partial charge < -0.3 is 19.9 Å². The number of ether oxygens (including phenoxy) is 1. The number of aromatic nitrogens is 4. The van der Waals surface area contributed by atoms with Gasteiger partial charge in [0.2, 0.25) is 17.7 Å². The minimum atomic E-state index is -0.467. The first-order valence-corrected chi connectivity index (χ1v) is 8.45. The summed E-state index contributed by atoms with van der Waals surface area (Å²) in [6.45, 7) is 4.41. The third kappa shape index (κ3) is 4.38. The summed E-state index contributed by atoms with van der Waals surface area (Å²) in [5.74, 6) is 1.63. The maximum absolute atomic E-state index is 12.3. The van der Waals surface area contributed by atoms with Crippen molar-refractivity contribution in [2.45, 2.75) is 19.9 Å². The molecule has 0 bridgehead atoms. The molecule has 1 unspecified atom stereocenters. The van der Waals surface area contributed by atoms with E-state index in [9.17, 15) is 4.79 Å². The maximum atomic E-state index is 12.3. The Morgan fingerprint density at radius 3 is 2.56 bits per heavy atom. The van der Waals surface area contributed by atoms with Gasteiger partial charge in [-0.25, -0.2) is 9.97 Å². The lowest BCUT2D eigenvalue weighted by Crippen LogP contribution is -2.27. The van der Waals surface area contributed by atoms with Crippen molar-refractivity contribution in [2.75, 3.05) is 19.0 Å². The zero-order valence-corrected chi connectivity index (χ0v) is 15.3. The molecule has 9 heteroatoms. The number of hydrogen-bond donors (Lipinski definition) is 2. The van der Waals surface area contributed by atoms with Crippen LogP contribution in [0.25, 0.3) is 11.4 Å². The minimum absolute atomic E-state index is 0.305. The summed E-state index contributed by atoms with van der Waals surface area (Å²) in [6, 6.07) is 6.83. The van der Waals surface area contributed by atoms with Gasteiger partial charge in [0.15, 0.2) is 0 Å². The summed E-state index contributed by atoms with van der Waals surface area (Å²) < 4.78 is 10.4. The highest BCUT2D eigenvalue weighted by atomic mass is 16.5. The van der Waals surface area contributed by atoms with Gasteiger partial charge in [-0.1, -0.05) is 5.16 Å². The van der Waals surface area contributed by atoms with E-state index in [1.165, 1.54) is 12.4 Å². The Balaban J connectivity index is 1.66. The van der Waals surface area contributed by atoms with Crippen LogP contribution in [0.15, 0.2) is 41.2 Å². The second kappa shape index (κ2) is 8.26. The number of amides is 1. The van der Waals surface area contributed by atoms with Gasteiger partial charge in [-0.3, -0.25) is 4.79 Å². The molecular formula is C18H20N6O3. The Morgan fingerprint density at radius 2 is 1.93 bits per heavy atom. The molecule has 0 fully saturated rings. The van der Waals surface area contributed by atoms with Crippen molar-refractivity contribution in [3.05, 3.63) is 48.1 Å². The van der Waals surface area contributed by atoms with Crippen LogP contribution in [0.4, 0.5) is 5.95 Å². The largest absolute Gasteiger partial charge is 0.497 e. The average Bonchev–Trinajstić information content (AvgIpc) is 3.19.